The number of fused-ring (bicyclic) bond motifs is 1. The van der Waals surface area contributed by atoms with Crippen molar-refractivity contribution in [3.05, 3.63) is 48.5 Å². The van der Waals surface area contributed by atoms with Gasteiger partial charge in [-0.25, -0.2) is 0 Å². The highest BCUT2D eigenvalue weighted by molar-refractivity contribution is 5.98. The number of carbonyl (C=O) groups excluding carboxylic acids is 2. The van der Waals surface area contributed by atoms with Gasteiger partial charge in [-0.05, 0) is 98.2 Å². The number of H-pyrrole nitrogens is 1. The van der Waals surface area contributed by atoms with E-state index in [2.05, 4.69) is 73.6 Å². The lowest BCUT2D eigenvalue weighted by Gasteiger charge is -2.42. The Morgan fingerprint density at radius 2 is 1.52 bits per heavy atom. The summed E-state index contributed by atoms with van der Waals surface area (Å²) in [7, 11) is 0. The van der Waals surface area contributed by atoms with Gasteiger partial charge in [0.15, 0.2) is 0 Å². The molecular formula is C35H47N3O2. The van der Waals surface area contributed by atoms with Crippen LogP contribution in [0.25, 0.3) is 22.2 Å². The zero-order valence-corrected chi connectivity index (χ0v) is 24.8. The van der Waals surface area contributed by atoms with Crippen molar-refractivity contribution in [2.75, 3.05) is 10.6 Å². The van der Waals surface area contributed by atoms with Crippen molar-refractivity contribution in [1.29, 1.82) is 0 Å². The van der Waals surface area contributed by atoms with Crippen molar-refractivity contribution < 1.29 is 9.59 Å². The molecule has 5 rings (SSSR count). The molecule has 2 aliphatic carbocycles. The van der Waals surface area contributed by atoms with Gasteiger partial charge in [0.2, 0.25) is 11.8 Å². The van der Waals surface area contributed by atoms with Crippen LogP contribution in [0.1, 0.15) is 91.9 Å². The van der Waals surface area contributed by atoms with Gasteiger partial charge in [0.25, 0.3) is 0 Å². The largest absolute Gasteiger partial charge is 0.355 e. The summed E-state index contributed by atoms with van der Waals surface area (Å²) in [6, 6.07) is 16.4. The lowest BCUT2D eigenvalue weighted by molar-refractivity contribution is -0.130. The maximum absolute atomic E-state index is 13.8. The third-order valence-electron chi connectivity index (χ3n) is 9.13. The second-order valence-electron chi connectivity index (χ2n) is 13.4. The summed E-state index contributed by atoms with van der Waals surface area (Å²) in [5.74, 6) is 2.09. The predicted octanol–water partition coefficient (Wildman–Crippen LogP) is 9.17. The highest BCUT2D eigenvalue weighted by Gasteiger charge is 2.44. The molecule has 2 aliphatic rings. The van der Waals surface area contributed by atoms with Crippen LogP contribution in [-0.4, -0.2) is 16.8 Å². The van der Waals surface area contributed by atoms with Gasteiger partial charge >= 0.3 is 0 Å². The molecule has 3 aromatic rings. The molecule has 5 nitrogen and oxygen atoms in total. The summed E-state index contributed by atoms with van der Waals surface area (Å²) in [6.45, 7) is 9.04. The SMILES string of the molecule is CC(C)CC1(C(=O)Nc2ccc3[nH]c(-c4ccc(NC(=O)C5CCCCCC5)cc4)cc3c2)CC(C)CC(C)C1. The fourth-order valence-electron chi connectivity index (χ4n) is 7.65. The maximum Gasteiger partial charge on any atom is 0.230 e. The summed E-state index contributed by atoms with van der Waals surface area (Å²) in [6.07, 6.45) is 10.9. The zero-order valence-electron chi connectivity index (χ0n) is 24.8. The minimum Gasteiger partial charge on any atom is -0.355 e. The first-order chi connectivity index (χ1) is 19.2. The first-order valence-electron chi connectivity index (χ1n) is 15.6. The molecule has 0 spiro atoms. The summed E-state index contributed by atoms with van der Waals surface area (Å²) in [5.41, 5.74) is 4.53. The van der Waals surface area contributed by atoms with E-state index in [9.17, 15) is 9.59 Å². The third kappa shape index (κ3) is 6.62. The molecule has 2 atom stereocenters. The average molecular weight is 542 g/mol. The molecule has 0 bridgehead atoms. The van der Waals surface area contributed by atoms with Crippen molar-refractivity contribution in [3.8, 4) is 11.3 Å². The Morgan fingerprint density at radius 3 is 2.17 bits per heavy atom. The van der Waals surface area contributed by atoms with Gasteiger partial charge in [-0.1, -0.05) is 65.5 Å². The second-order valence-corrected chi connectivity index (χ2v) is 13.4. The number of aromatic nitrogens is 1. The Balaban J connectivity index is 1.28. The number of benzene rings is 2. The number of anilines is 2. The van der Waals surface area contributed by atoms with Crippen molar-refractivity contribution in [1.82, 2.24) is 4.98 Å². The van der Waals surface area contributed by atoms with Crippen molar-refractivity contribution in [2.45, 2.75) is 91.9 Å². The second kappa shape index (κ2) is 12.2. The summed E-state index contributed by atoms with van der Waals surface area (Å²) in [5, 5.41) is 7.50. The molecule has 0 aliphatic heterocycles. The first-order valence-corrected chi connectivity index (χ1v) is 15.6. The lowest BCUT2D eigenvalue weighted by atomic mass is 9.62. The maximum atomic E-state index is 13.8. The van der Waals surface area contributed by atoms with Crippen molar-refractivity contribution in [3.63, 3.8) is 0 Å². The Kier molecular flexibility index (Phi) is 8.68. The number of carbonyl (C=O) groups is 2. The van der Waals surface area contributed by atoms with Crippen LogP contribution in [-0.2, 0) is 9.59 Å². The van der Waals surface area contributed by atoms with E-state index in [-0.39, 0.29) is 23.1 Å². The molecule has 1 aromatic heterocycles. The summed E-state index contributed by atoms with van der Waals surface area (Å²) in [4.78, 5) is 30.0. The average Bonchev–Trinajstić information content (AvgIpc) is 3.12. The van der Waals surface area contributed by atoms with Crippen LogP contribution in [0.3, 0.4) is 0 Å². The number of nitrogens with one attached hydrogen (secondary N) is 3. The Morgan fingerprint density at radius 1 is 0.875 bits per heavy atom. The Hall–Kier alpha value is -3.08. The molecule has 2 fully saturated rings. The fraction of sp³-hybridized carbons (Fsp3) is 0.543. The van der Waals surface area contributed by atoms with Gasteiger partial charge in [0.05, 0.1) is 5.41 Å². The van der Waals surface area contributed by atoms with Gasteiger partial charge in [-0.15, -0.1) is 0 Å². The zero-order chi connectivity index (χ0) is 28.3. The molecule has 2 amide bonds. The van der Waals surface area contributed by atoms with Crippen LogP contribution >= 0.6 is 0 Å². The lowest BCUT2D eigenvalue weighted by Crippen LogP contribution is -2.43. The van der Waals surface area contributed by atoms with Crippen molar-refractivity contribution in [2.24, 2.45) is 29.1 Å². The van der Waals surface area contributed by atoms with E-state index in [0.717, 1.165) is 78.5 Å². The number of hydrogen-bond acceptors (Lipinski definition) is 2. The molecule has 214 valence electrons. The molecule has 0 saturated heterocycles. The molecular weight excluding hydrogens is 494 g/mol. The number of hydrogen-bond donors (Lipinski definition) is 3. The van der Waals surface area contributed by atoms with Crippen LogP contribution < -0.4 is 10.6 Å². The molecule has 40 heavy (non-hydrogen) atoms. The van der Waals surface area contributed by atoms with Gasteiger partial charge in [-0.2, -0.15) is 0 Å². The molecule has 2 unspecified atom stereocenters. The third-order valence-corrected chi connectivity index (χ3v) is 9.13. The van der Waals surface area contributed by atoms with E-state index >= 15 is 0 Å². The van der Waals surface area contributed by atoms with Gasteiger partial charge < -0.3 is 15.6 Å². The molecule has 5 heteroatoms. The van der Waals surface area contributed by atoms with Gasteiger partial charge in [0.1, 0.15) is 0 Å². The molecule has 3 N–H and O–H groups in total. The summed E-state index contributed by atoms with van der Waals surface area (Å²) >= 11 is 0. The van der Waals surface area contributed by atoms with Crippen LogP contribution in [0, 0.1) is 29.1 Å². The van der Waals surface area contributed by atoms with E-state index in [1.807, 2.05) is 18.2 Å². The quantitative estimate of drug-likeness (QED) is 0.261. The molecule has 0 radical (unpaired) electrons. The van der Waals surface area contributed by atoms with Gasteiger partial charge in [0, 0.05) is 33.9 Å². The topological polar surface area (TPSA) is 74.0 Å². The normalized spacial score (nSPS) is 24.1. The fourth-order valence-corrected chi connectivity index (χ4v) is 7.65. The minimum atomic E-state index is -0.295. The molecule has 1 heterocycles. The van der Waals surface area contributed by atoms with Gasteiger partial charge in [-0.3, -0.25) is 9.59 Å². The minimum absolute atomic E-state index is 0.135. The van der Waals surface area contributed by atoms with E-state index in [1.165, 1.54) is 19.3 Å². The van der Waals surface area contributed by atoms with Crippen LogP contribution in [0.15, 0.2) is 48.5 Å². The Bertz CT molecular complexity index is 1300. The van der Waals surface area contributed by atoms with E-state index in [1.54, 1.807) is 0 Å². The van der Waals surface area contributed by atoms with Crippen LogP contribution in [0.2, 0.25) is 0 Å². The van der Waals surface area contributed by atoms with Crippen LogP contribution in [0.5, 0.6) is 0 Å². The highest BCUT2D eigenvalue weighted by Crippen LogP contribution is 2.47. The molecule has 2 saturated carbocycles. The van der Waals surface area contributed by atoms with E-state index in [0.29, 0.717) is 17.8 Å². The van der Waals surface area contributed by atoms with E-state index < -0.39 is 0 Å². The van der Waals surface area contributed by atoms with E-state index in [4.69, 9.17) is 0 Å². The monoisotopic (exact) mass is 541 g/mol. The number of aromatic amines is 1. The number of amides is 2. The smallest absolute Gasteiger partial charge is 0.230 e. The highest BCUT2D eigenvalue weighted by atomic mass is 16.2. The standard InChI is InChI=1S/C35H47N3O2/c1-23(2)20-35(21-24(3)17-25(4)22-35)34(40)37-30-15-16-31-28(18-30)19-32(38-31)26-11-13-29(14-12-26)36-33(39)27-9-7-5-6-8-10-27/h11-16,18-19,23-25,27,38H,5-10,17,20-22H2,1-4H3,(H,36,39)(H,37,40). The Labute approximate surface area is 239 Å². The number of rotatable bonds is 7. The van der Waals surface area contributed by atoms with Crippen molar-refractivity contribution >= 4 is 34.1 Å². The van der Waals surface area contributed by atoms with Crippen LogP contribution in [0.4, 0.5) is 11.4 Å². The summed E-state index contributed by atoms with van der Waals surface area (Å²) < 4.78 is 0. The first kappa shape index (κ1) is 28.4. The predicted molar refractivity (Wildman–Crippen MR) is 166 cm³/mol. The molecule has 2 aromatic carbocycles.